The van der Waals surface area contributed by atoms with Crippen LogP contribution in [-0.4, -0.2) is 64.5 Å². The Labute approximate surface area is 214 Å². The molecule has 0 spiro atoms. The van der Waals surface area contributed by atoms with E-state index in [0.717, 1.165) is 49.9 Å². The van der Waals surface area contributed by atoms with Crippen molar-refractivity contribution in [2.75, 3.05) is 19.6 Å². The summed E-state index contributed by atoms with van der Waals surface area (Å²) in [5.41, 5.74) is -0.837. The van der Waals surface area contributed by atoms with Crippen LogP contribution in [0.2, 0.25) is 0 Å². The van der Waals surface area contributed by atoms with Crippen molar-refractivity contribution in [1.82, 2.24) is 15.1 Å². The number of benzene rings is 2. The van der Waals surface area contributed by atoms with Crippen LogP contribution in [0.5, 0.6) is 0 Å². The van der Waals surface area contributed by atoms with Crippen LogP contribution in [0.4, 0.5) is 13.2 Å². The van der Waals surface area contributed by atoms with Gasteiger partial charge in [-0.15, -0.1) is 0 Å². The van der Waals surface area contributed by atoms with Crippen LogP contribution < -0.4 is 5.32 Å². The molecule has 2 atom stereocenters. The van der Waals surface area contributed by atoms with Gasteiger partial charge in [0.1, 0.15) is 0 Å². The van der Waals surface area contributed by atoms with Crippen LogP contribution in [0.3, 0.4) is 0 Å². The minimum absolute atomic E-state index is 0.0768. The molecule has 2 N–H and O–H groups in total. The van der Waals surface area contributed by atoms with Gasteiger partial charge in [-0.3, -0.25) is 14.5 Å². The fraction of sp³-hybridized carbons (Fsp3) is 0.500. The maximum Gasteiger partial charge on any atom is 0.416 e. The highest BCUT2D eigenvalue weighted by Crippen LogP contribution is 2.42. The van der Waals surface area contributed by atoms with Crippen LogP contribution in [0.15, 0.2) is 54.6 Å². The highest BCUT2D eigenvalue weighted by atomic mass is 19.4. The summed E-state index contributed by atoms with van der Waals surface area (Å²) in [6, 6.07) is 14.7. The molecule has 37 heavy (non-hydrogen) atoms. The zero-order valence-electron chi connectivity index (χ0n) is 20.6. The Balaban J connectivity index is 1.14. The van der Waals surface area contributed by atoms with Gasteiger partial charge in [0, 0.05) is 36.8 Å². The van der Waals surface area contributed by atoms with Crippen LogP contribution in [0, 0.1) is 0 Å². The number of nitrogens with zero attached hydrogens (tertiary/aromatic N) is 2. The summed E-state index contributed by atoms with van der Waals surface area (Å²) in [7, 11) is 0. The van der Waals surface area contributed by atoms with E-state index in [4.69, 9.17) is 0 Å². The molecular formula is C28H32F3N3O3. The summed E-state index contributed by atoms with van der Waals surface area (Å²) in [4.78, 5) is 29.7. The van der Waals surface area contributed by atoms with Crippen molar-refractivity contribution in [2.45, 2.75) is 68.4 Å². The second-order valence-electron chi connectivity index (χ2n) is 10.4. The molecule has 5 rings (SSSR count). The molecule has 0 radical (unpaired) electrons. The molecule has 2 saturated heterocycles. The molecule has 3 fully saturated rings. The number of carbonyl (C=O) groups is 2. The Morgan fingerprint density at radius 2 is 1.65 bits per heavy atom. The van der Waals surface area contributed by atoms with E-state index in [2.05, 4.69) is 10.2 Å². The molecule has 2 aromatic carbocycles. The largest absolute Gasteiger partial charge is 0.416 e. The monoisotopic (exact) mass is 515 g/mol. The highest BCUT2D eigenvalue weighted by molar-refractivity contribution is 5.96. The Hall–Kier alpha value is -2.91. The number of hydrogen-bond donors (Lipinski definition) is 2. The molecule has 2 heterocycles. The van der Waals surface area contributed by atoms with E-state index in [1.807, 2.05) is 35.2 Å². The quantitative estimate of drug-likeness (QED) is 0.633. The lowest BCUT2D eigenvalue weighted by Gasteiger charge is -2.41. The minimum atomic E-state index is -4.54. The van der Waals surface area contributed by atoms with Gasteiger partial charge in [-0.1, -0.05) is 36.4 Å². The van der Waals surface area contributed by atoms with Gasteiger partial charge >= 0.3 is 6.18 Å². The number of nitrogens with one attached hydrogen (secondary N) is 1. The molecule has 6 nitrogen and oxygen atoms in total. The molecule has 3 aliphatic rings. The lowest BCUT2D eigenvalue weighted by molar-refractivity contribution is -0.137. The number of alkyl halides is 3. The number of amides is 2. The fourth-order valence-corrected chi connectivity index (χ4v) is 6.43. The number of likely N-dealkylation sites (tertiary alicyclic amines) is 2. The molecule has 2 aromatic rings. The maximum atomic E-state index is 13.0. The SMILES string of the molecule is O=C(NCC(=O)N1CC[C@@H]2[C@H]1CCN2C1CCC(O)(c2ccccc2)CC1)c1cccc(C(F)(F)F)c1. The minimum Gasteiger partial charge on any atom is -0.385 e. The van der Waals surface area contributed by atoms with Crippen molar-refractivity contribution in [3.8, 4) is 0 Å². The van der Waals surface area contributed by atoms with E-state index in [9.17, 15) is 27.9 Å². The molecule has 1 saturated carbocycles. The van der Waals surface area contributed by atoms with Gasteiger partial charge in [-0.05, 0) is 62.3 Å². The Morgan fingerprint density at radius 3 is 2.35 bits per heavy atom. The zero-order valence-corrected chi connectivity index (χ0v) is 20.6. The number of rotatable bonds is 5. The number of fused-ring (bicyclic) bond motifs is 1. The number of aliphatic hydroxyl groups is 1. The van der Waals surface area contributed by atoms with E-state index in [1.54, 1.807) is 0 Å². The fourth-order valence-electron chi connectivity index (χ4n) is 6.43. The number of carbonyl (C=O) groups excluding carboxylic acids is 2. The summed E-state index contributed by atoms with van der Waals surface area (Å²) >= 11 is 0. The summed E-state index contributed by atoms with van der Waals surface area (Å²) in [5, 5.41) is 13.7. The number of halogens is 3. The maximum absolute atomic E-state index is 13.0. The first-order chi connectivity index (χ1) is 17.7. The summed E-state index contributed by atoms with van der Waals surface area (Å²) in [5.74, 6) is -0.909. The standard InChI is InChI=1S/C28H32F3N3O3/c29-28(30,31)21-8-4-5-19(17-21)26(36)32-18-25(35)34-16-12-23-24(34)11-15-33(23)22-9-13-27(37,14-10-22)20-6-2-1-3-7-20/h1-8,17,22-24,37H,9-16,18H2,(H,32,36)/t22?,23-,24-,27?/m1/s1. The lowest BCUT2D eigenvalue weighted by Crippen LogP contribution is -2.47. The first kappa shape index (κ1) is 25.7. The summed E-state index contributed by atoms with van der Waals surface area (Å²) < 4.78 is 38.8. The predicted molar refractivity (Wildman–Crippen MR) is 132 cm³/mol. The van der Waals surface area contributed by atoms with Gasteiger partial charge in [-0.25, -0.2) is 0 Å². The van der Waals surface area contributed by atoms with Crippen LogP contribution in [-0.2, 0) is 16.6 Å². The van der Waals surface area contributed by atoms with Gasteiger partial charge in [0.05, 0.1) is 17.7 Å². The normalized spacial score (nSPS) is 28.2. The molecule has 2 amide bonds. The topological polar surface area (TPSA) is 72.9 Å². The molecule has 0 bridgehead atoms. The Kier molecular flexibility index (Phi) is 7.02. The highest BCUT2D eigenvalue weighted by Gasteiger charge is 2.48. The van der Waals surface area contributed by atoms with E-state index in [-0.39, 0.29) is 30.1 Å². The third-order valence-electron chi connectivity index (χ3n) is 8.35. The van der Waals surface area contributed by atoms with E-state index < -0.39 is 23.2 Å². The Bertz CT molecular complexity index is 1130. The summed E-state index contributed by atoms with van der Waals surface area (Å²) in [6.45, 7) is 1.25. The molecule has 2 aliphatic heterocycles. The average Bonchev–Trinajstić information content (AvgIpc) is 3.50. The zero-order chi connectivity index (χ0) is 26.2. The second kappa shape index (κ2) is 10.1. The predicted octanol–water partition coefficient (Wildman–Crippen LogP) is 3.94. The van der Waals surface area contributed by atoms with Crippen molar-refractivity contribution in [1.29, 1.82) is 0 Å². The second-order valence-corrected chi connectivity index (χ2v) is 10.4. The first-order valence-corrected chi connectivity index (χ1v) is 12.9. The van der Waals surface area contributed by atoms with Crippen molar-refractivity contribution in [3.05, 3.63) is 71.3 Å². The first-order valence-electron chi connectivity index (χ1n) is 12.9. The molecule has 0 aromatic heterocycles. The van der Waals surface area contributed by atoms with Gasteiger partial charge in [0.25, 0.3) is 5.91 Å². The third kappa shape index (κ3) is 5.25. The third-order valence-corrected chi connectivity index (χ3v) is 8.35. The van der Waals surface area contributed by atoms with Gasteiger partial charge in [0.2, 0.25) is 5.91 Å². The lowest BCUT2D eigenvalue weighted by atomic mass is 9.77. The van der Waals surface area contributed by atoms with Crippen molar-refractivity contribution < 1.29 is 27.9 Å². The molecular weight excluding hydrogens is 483 g/mol. The van der Waals surface area contributed by atoms with E-state index in [1.165, 1.54) is 12.1 Å². The van der Waals surface area contributed by atoms with Crippen LogP contribution in [0.25, 0.3) is 0 Å². The van der Waals surface area contributed by atoms with Crippen LogP contribution in [0.1, 0.15) is 60.0 Å². The van der Waals surface area contributed by atoms with E-state index >= 15 is 0 Å². The summed E-state index contributed by atoms with van der Waals surface area (Å²) in [6.07, 6.45) is 0.392. The molecule has 198 valence electrons. The molecule has 9 heteroatoms. The van der Waals surface area contributed by atoms with Gasteiger partial charge in [0.15, 0.2) is 0 Å². The van der Waals surface area contributed by atoms with Crippen molar-refractivity contribution in [3.63, 3.8) is 0 Å². The van der Waals surface area contributed by atoms with Crippen LogP contribution >= 0.6 is 0 Å². The van der Waals surface area contributed by atoms with E-state index in [0.29, 0.717) is 25.4 Å². The molecule has 0 unspecified atom stereocenters. The van der Waals surface area contributed by atoms with Crippen molar-refractivity contribution >= 4 is 11.8 Å². The Morgan fingerprint density at radius 1 is 0.946 bits per heavy atom. The molecule has 1 aliphatic carbocycles. The smallest absolute Gasteiger partial charge is 0.385 e. The number of hydrogen-bond acceptors (Lipinski definition) is 4. The van der Waals surface area contributed by atoms with Gasteiger partial charge in [-0.2, -0.15) is 13.2 Å². The average molecular weight is 516 g/mol. The van der Waals surface area contributed by atoms with Crippen molar-refractivity contribution in [2.24, 2.45) is 0 Å². The van der Waals surface area contributed by atoms with Gasteiger partial charge < -0.3 is 15.3 Å².